The van der Waals surface area contributed by atoms with Crippen LogP contribution in [0.2, 0.25) is 0 Å². The third kappa shape index (κ3) is 6.71. The number of hydrogen-bond donors (Lipinski definition) is 3. The molecule has 3 rings (SSSR count). The van der Waals surface area contributed by atoms with Crippen molar-refractivity contribution in [1.29, 1.82) is 0 Å². The summed E-state index contributed by atoms with van der Waals surface area (Å²) in [5.41, 5.74) is 2.00. The maximum Gasteiger partial charge on any atom is 0.319 e. The lowest BCUT2D eigenvalue weighted by atomic mass is 10.2. The first-order chi connectivity index (χ1) is 15.4. The number of nitro groups is 1. The fourth-order valence-corrected chi connectivity index (χ4v) is 3.36. The van der Waals surface area contributed by atoms with Crippen LogP contribution in [0.4, 0.5) is 21.9 Å². The van der Waals surface area contributed by atoms with Crippen molar-refractivity contribution in [2.45, 2.75) is 13.0 Å². The Hall–Kier alpha value is -3.59. The van der Waals surface area contributed by atoms with Gasteiger partial charge in [-0.15, -0.1) is 0 Å². The fraction of sp³-hybridized carbons (Fsp3) is 0.174. The third-order valence-electron chi connectivity index (χ3n) is 4.54. The predicted molar refractivity (Wildman–Crippen MR) is 128 cm³/mol. The highest BCUT2D eigenvalue weighted by atomic mass is 79.9. The van der Waals surface area contributed by atoms with Crippen LogP contribution in [0, 0.1) is 17.0 Å². The average Bonchev–Trinajstić information content (AvgIpc) is 2.77. The van der Waals surface area contributed by atoms with Crippen LogP contribution in [0.25, 0.3) is 0 Å². The van der Waals surface area contributed by atoms with Crippen molar-refractivity contribution in [2.75, 3.05) is 23.8 Å². The van der Waals surface area contributed by atoms with Crippen LogP contribution in [0.3, 0.4) is 0 Å². The molecule has 9 heteroatoms. The standard InChI is InChI=1S/C23H23BrN4O4/c1-16-7-6-8-18(13-16)32-15-17(14-25-21-11-4-5-12-22(21)28(30)31)26-23(29)27-20-10-3-2-9-19(20)24/h2-13,17,25H,14-15H2,1H3,(H2,26,27,29). The van der Waals surface area contributed by atoms with Gasteiger partial charge in [0.05, 0.1) is 16.7 Å². The van der Waals surface area contributed by atoms with Crippen LogP contribution in [0.15, 0.2) is 77.3 Å². The molecule has 3 N–H and O–H groups in total. The Morgan fingerprint density at radius 2 is 1.78 bits per heavy atom. The lowest BCUT2D eigenvalue weighted by Gasteiger charge is -2.21. The molecule has 0 saturated carbocycles. The van der Waals surface area contributed by atoms with Crippen LogP contribution >= 0.6 is 15.9 Å². The third-order valence-corrected chi connectivity index (χ3v) is 5.23. The normalized spacial score (nSPS) is 11.3. The fourth-order valence-electron chi connectivity index (χ4n) is 2.98. The molecule has 0 fully saturated rings. The minimum Gasteiger partial charge on any atom is -0.491 e. The number of aryl methyl sites for hydroxylation is 1. The van der Waals surface area contributed by atoms with E-state index in [-0.39, 0.29) is 18.8 Å². The van der Waals surface area contributed by atoms with Crippen molar-refractivity contribution in [1.82, 2.24) is 5.32 Å². The van der Waals surface area contributed by atoms with Gasteiger partial charge in [0, 0.05) is 17.1 Å². The molecule has 3 aromatic rings. The number of nitrogens with zero attached hydrogens (tertiary/aromatic N) is 1. The van der Waals surface area contributed by atoms with Crippen LogP contribution < -0.4 is 20.7 Å². The summed E-state index contributed by atoms with van der Waals surface area (Å²) in [6.07, 6.45) is 0. The van der Waals surface area contributed by atoms with Crippen LogP contribution in [-0.4, -0.2) is 30.1 Å². The van der Waals surface area contributed by atoms with Crippen LogP contribution in [0.5, 0.6) is 5.75 Å². The number of para-hydroxylation sites is 3. The molecule has 0 aliphatic carbocycles. The molecule has 0 aromatic heterocycles. The summed E-state index contributed by atoms with van der Waals surface area (Å²) < 4.78 is 6.61. The number of ether oxygens (including phenoxy) is 1. The molecule has 0 aliphatic rings. The zero-order valence-electron chi connectivity index (χ0n) is 17.4. The van der Waals surface area contributed by atoms with Gasteiger partial charge < -0.3 is 20.7 Å². The quantitative estimate of drug-likeness (QED) is 0.272. The lowest BCUT2D eigenvalue weighted by Crippen LogP contribution is -2.45. The van der Waals surface area contributed by atoms with Gasteiger partial charge in [0.15, 0.2) is 0 Å². The van der Waals surface area contributed by atoms with Crippen molar-refractivity contribution < 1.29 is 14.5 Å². The van der Waals surface area contributed by atoms with E-state index in [1.165, 1.54) is 6.07 Å². The van der Waals surface area contributed by atoms with E-state index in [1.54, 1.807) is 24.3 Å². The Balaban J connectivity index is 1.69. The monoisotopic (exact) mass is 498 g/mol. The predicted octanol–water partition coefficient (Wildman–Crippen LogP) is 5.35. The van der Waals surface area contributed by atoms with E-state index < -0.39 is 17.0 Å². The number of hydrogen-bond acceptors (Lipinski definition) is 5. The molecular formula is C23H23BrN4O4. The second-order valence-electron chi connectivity index (χ2n) is 7.06. The van der Waals surface area contributed by atoms with E-state index >= 15 is 0 Å². The molecule has 0 aliphatic heterocycles. The largest absolute Gasteiger partial charge is 0.491 e. The molecule has 0 radical (unpaired) electrons. The second-order valence-corrected chi connectivity index (χ2v) is 7.91. The number of benzene rings is 3. The molecule has 8 nitrogen and oxygen atoms in total. The minimum absolute atomic E-state index is 0.0384. The average molecular weight is 499 g/mol. The molecule has 0 bridgehead atoms. The maximum absolute atomic E-state index is 12.6. The molecule has 3 aromatic carbocycles. The highest BCUT2D eigenvalue weighted by molar-refractivity contribution is 9.10. The summed E-state index contributed by atoms with van der Waals surface area (Å²) in [7, 11) is 0. The zero-order valence-corrected chi connectivity index (χ0v) is 19.0. The first-order valence-corrected chi connectivity index (χ1v) is 10.7. The molecule has 2 amide bonds. The van der Waals surface area contributed by atoms with Gasteiger partial charge in [-0.2, -0.15) is 0 Å². The van der Waals surface area contributed by atoms with Crippen molar-refractivity contribution in [3.05, 3.63) is 92.9 Å². The van der Waals surface area contributed by atoms with Crippen LogP contribution in [-0.2, 0) is 0 Å². The molecular weight excluding hydrogens is 476 g/mol. The number of urea groups is 1. The first kappa shape index (κ1) is 23.1. The molecule has 0 heterocycles. The number of nitro benzene ring substituents is 1. The number of carbonyl (C=O) groups is 1. The van der Waals surface area contributed by atoms with Crippen LogP contribution in [0.1, 0.15) is 5.56 Å². The van der Waals surface area contributed by atoms with Gasteiger partial charge >= 0.3 is 6.03 Å². The Kier molecular flexibility index (Phi) is 8.04. The molecule has 0 saturated heterocycles. The topological polar surface area (TPSA) is 106 Å². The first-order valence-electron chi connectivity index (χ1n) is 9.91. The van der Waals surface area contributed by atoms with E-state index in [2.05, 4.69) is 31.9 Å². The smallest absolute Gasteiger partial charge is 0.319 e. The maximum atomic E-state index is 12.6. The van der Waals surface area contributed by atoms with Gasteiger partial charge in [0.1, 0.15) is 18.0 Å². The zero-order chi connectivity index (χ0) is 22.9. The van der Waals surface area contributed by atoms with Gasteiger partial charge in [-0.05, 0) is 58.7 Å². The minimum atomic E-state index is -0.474. The van der Waals surface area contributed by atoms with Crippen molar-refractivity contribution in [2.24, 2.45) is 0 Å². The summed E-state index contributed by atoms with van der Waals surface area (Å²) in [4.78, 5) is 23.4. The highest BCUT2D eigenvalue weighted by Gasteiger charge is 2.17. The Morgan fingerprint density at radius 3 is 2.50 bits per heavy atom. The van der Waals surface area contributed by atoms with E-state index in [1.807, 2.05) is 49.4 Å². The molecule has 1 unspecified atom stereocenters. The van der Waals surface area contributed by atoms with Gasteiger partial charge in [-0.1, -0.05) is 36.4 Å². The second kappa shape index (κ2) is 11.1. The molecule has 166 valence electrons. The number of amides is 2. The number of carbonyl (C=O) groups excluding carboxylic acids is 1. The van der Waals surface area contributed by atoms with Crippen molar-refractivity contribution in [3.8, 4) is 5.75 Å². The summed E-state index contributed by atoms with van der Waals surface area (Å²) in [5.74, 6) is 0.675. The SMILES string of the molecule is Cc1cccc(OCC(CNc2ccccc2[N+](=O)[O-])NC(=O)Nc2ccccc2Br)c1. The Morgan fingerprint density at radius 1 is 1.06 bits per heavy atom. The van der Waals surface area contributed by atoms with Gasteiger partial charge in [0.25, 0.3) is 5.69 Å². The molecule has 1 atom stereocenters. The van der Waals surface area contributed by atoms with E-state index in [4.69, 9.17) is 4.74 Å². The number of anilines is 2. The van der Waals surface area contributed by atoms with Crippen molar-refractivity contribution >= 4 is 39.0 Å². The Labute approximate surface area is 194 Å². The number of rotatable bonds is 9. The van der Waals surface area contributed by atoms with E-state index in [9.17, 15) is 14.9 Å². The van der Waals surface area contributed by atoms with Gasteiger partial charge in [-0.25, -0.2) is 4.79 Å². The van der Waals surface area contributed by atoms with E-state index in [0.717, 1.165) is 10.0 Å². The van der Waals surface area contributed by atoms with Gasteiger partial charge in [0.2, 0.25) is 0 Å². The lowest BCUT2D eigenvalue weighted by molar-refractivity contribution is -0.384. The summed E-state index contributed by atoms with van der Waals surface area (Å²) in [6, 6.07) is 20.3. The molecule has 32 heavy (non-hydrogen) atoms. The summed E-state index contributed by atoms with van der Waals surface area (Å²) in [6.45, 7) is 2.35. The molecule has 0 spiro atoms. The Bertz CT molecular complexity index is 1090. The number of halogens is 1. The summed E-state index contributed by atoms with van der Waals surface area (Å²) in [5, 5.41) is 20.0. The van der Waals surface area contributed by atoms with Gasteiger partial charge in [-0.3, -0.25) is 10.1 Å². The highest BCUT2D eigenvalue weighted by Crippen LogP contribution is 2.23. The van der Waals surface area contributed by atoms with E-state index in [0.29, 0.717) is 17.1 Å². The number of nitrogens with one attached hydrogen (secondary N) is 3. The van der Waals surface area contributed by atoms with Crippen molar-refractivity contribution in [3.63, 3.8) is 0 Å². The summed E-state index contributed by atoms with van der Waals surface area (Å²) >= 11 is 3.40.